The van der Waals surface area contributed by atoms with Crippen molar-refractivity contribution in [3.8, 4) is 5.75 Å². The van der Waals surface area contributed by atoms with Crippen molar-refractivity contribution < 1.29 is 28.9 Å². The number of hydrogen-bond donors (Lipinski definition) is 2. The Hall–Kier alpha value is -2.28. The first-order chi connectivity index (χ1) is 11.2. The normalized spacial score (nSPS) is 12.4. The Morgan fingerprint density at radius 1 is 1.25 bits per heavy atom. The zero-order valence-corrected chi connectivity index (χ0v) is 14.7. The number of hydrogen-bond acceptors (Lipinski definition) is 5. The van der Waals surface area contributed by atoms with Gasteiger partial charge in [-0.2, -0.15) is 0 Å². The average molecular weight is 339 g/mol. The third-order valence-electron chi connectivity index (χ3n) is 3.07. The molecule has 0 saturated carbocycles. The van der Waals surface area contributed by atoms with Crippen LogP contribution in [0.15, 0.2) is 18.2 Å². The molecule has 0 fully saturated rings. The van der Waals surface area contributed by atoms with Crippen LogP contribution >= 0.6 is 0 Å². The number of rotatable bonds is 7. The molecule has 1 aromatic carbocycles. The Bertz CT molecular complexity index is 579. The average Bonchev–Trinajstić information content (AvgIpc) is 2.45. The molecule has 7 nitrogen and oxygen atoms in total. The number of methoxy groups -OCH3 is 2. The maximum atomic E-state index is 11.8. The number of amides is 1. The molecule has 1 atom stereocenters. The van der Waals surface area contributed by atoms with Crippen LogP contribution in [-0.4, -0.2) is 43.0 Å². The van der Waals surface area contributed by atoms with Crippen LogP contribution in [0.4, 0.5) is 4.79 Å². The van der Waals surface area contributed by atoms with E-state index in [1.165, 1.54) is 0 Å². The van der Waals surface area contributed by atoms with Crippen molar-refractivity contribution in [2.45, 2.75) is 45.4 Å². The van der Waals surface area contributed by atoms with Crippen molar-refractivity contribution in [3.63, 3.8) is 0 Å². The van der Waals surface area contributed by atoms with Gasteiger partial charge in [-0.3, -0.25) is 0 Å². The van der Waals surface area contributed by atoms with E-state index >= 15 is 0 Å². The Morgan fingerprint density at radius 3 is 2.42 bits per heavy atom. The summed E-state index contributed by atoms with van der Waals surface area (Å²) in [6.07, 6.45) is -0.643. The highest BCUT2D eigenvalue weighted by Crippen LogP contribution is 2.21. The van der Waals surface area contributed by atoms with Gasteiger partial charge in [-0.25, -0.2) is 9.59 Å². The van der Waals surface area contributed by atoms with Gasteiger partial charge in [-0.1, -0.05) is 6.07 Å². The van der Waals surface area contributed by atoms with Crippen molar-refractivity contribution in [2.75, 3.05) is 14.2 Å². The van der Waals surface area contributed by atoms with Crippen LogP contribution in [0.2, 0.25) is 0 Å². The molecular formula is C17H25NO6. The molecular weight excluding hydrogens is 314 g/mol. The molecule has 7 heteroatoms. The summed E-state index contributed by atoms with van der Waals surface area (Å²) in [4.78, 5) is 23.2. The fraction of sp³-hybridized carbons (Fsp3) is 0.529. The molecule has 0 spiro atoms. The van der Waals surface area contributed by atoms with E-state index in [1.807, 2.05) is 0 Å². The van der Waals surface area contributed by atoms with Gasteiger partial charge in [-0.05, 0) is 38.5 Å². The minimum Gasteiger partial charge on any atom is -0.496 e. The number of alkyl carbamates (subject to hydrolysis) is 1. The predicted molar refractivity (Wildman–Crippen MR) is 88.2 cm³/mol. The molecule has 134 valence electrons. The lowest BCUT2D eigenvalue weighted by Crippen LogP contribution is -2.44. The highest BCUT2D eigenvalue weighted by molar-refractivity contribution is 5.80. The molecule has 0 bridgehead atoms. The van der Waals surface area contributed by atoms with E-state index in [2.05, 4.69) is 5.32 Å². The smallest absolute Gasteiger partial charge is 0.408 e. The number of carbonyl (C=O) groups is 2. The second-order valence-corrected chi connectivity index (χ2v) is 6.32. The summed E-state index contributed by atoms with van der Waals surface area (Å²) in [6.45, 7) is 5.48. The standard InChI is InChI=1S/C17H25NO6/c1-17(2,3)24-16(21)18-13(15(19)20)9-11-6-7-14(23-5)12(8-11)10-22-4/h6-8,13H,9-10H2,1-5H3,(H,18,21)(H,19,20). The largest absolute Gasteiger partial charge is 0.496 e. The molecule has 0 aromatic heterocycles. The Labute approximate surface area is 141 Å². The van der Waals surface area contributed by atoms with Crippen LogP contribution in [-0.2, 0) is 27.3 Å². The summed E-state index contributed by atoms with van der Waals surface area (Å²) < 4.78 is 15.5. The summed E-state index contributed by atoms with van der Waals surface area (Å²) in [5.41, 5.74) is 0.851. The van der Waals surface area contributed by atoms with E-state index in [0.29, 0.717) is 12.4 Å². The van der Waals surface area contributed by atoms with Crippen molar-refractivity contribution in [2.24, 2.45) is 0 Å². The van der Waals surface area contributed by atoms with Crippen LogP contribution in [0.1, 0.15) is 31.9 Å². The van der Waals surface area contributed by atoms with Gasteiger partial charge in [0.05, 0.1) is 13.7 Å². The van der Waals surface area contributed by atoms with E-state index in [9.17, 15) is 14.7 Å². The first-order valence-electron chi connectivity index (χ1n) is 7.53. The molecule has 2 N–H and O–H groups in total. The number of carboxylic acid groups (broad SMARTS) is 1. The van der Waals surface area contributed by atoms with E-state index in [4.69, 9.17) is 14.2 Å². The second-order valence-electron chi connectivity index (χ2n) is 6.32. The van der Waals surface area contributed by atoms with Gasteiger partial charge in [-0.15, -0.1) is 0 Å². The number of carboxylic acids is 1. The number of aliphatic carboxylic acids is 1. The highest BCUT2D eigenvalue weighted by atomic mass is 16.6. The van der Waals surface area contributed by atoms with E-state index < -0.39 is 23.7 Å². The third kappa shape index (κ3) is 6.45. The molecule has 24 heavy (non-hydrogen) atoms. The van der Waals surface area contributed by atoms with E-state index in [1.54, 1.807) is 53.2 Å². The van der Waals surface area contributed by atoms with E-state index in [0.717, 1.165) is 11.1 Å². The van der Waals surface area contributed by atoms with Crippen LogP contribution in [0.25, 0.3) is 0 Å². The van der Waals surface area contributed by atoms with Gasteiger partial charge in [0.25, 0.3) is 0 Å². The number of carbonyl (C=O) groups excluding carboxylic acids is 1. The van der Waals surface area contributed by atoms with Gasteiger partial charge in [0, 0.05) is 19.1 Å². The fourth-order valence-corrected chi connectivity index (χ4v) is 2.11. The molecule has 1 aromatic rings. The van der Waals surface area contributed by atoms with Crippen LogP contribution in [0.5, 0.6) is 5.75 Å². The molecule has 1 rings (SSSR count). The molecule has 0 heterocycles. The summed E-state index contributed by atoms with van der Waals surface area (Å²) in [7, 11) is 3.12. The number of nitrogens with one attached hydrogen (secondary N) is 1. The van der Waals surface area contributed by atoms with Crippen molar-refractivity contribution in [1.29, 1.82) is 0 Å². The van der Waals surface area contributed by atoms with Crippen LogP contribution < -0.4 is 10.1 Å². The topological polar surface area (TPSA) is 94.1 Å². The van der Waals surface area contributed by atoms with Crippen molar-refractivity contribution >= 4 is 12.1 Å². The molecule has 0 aliphatic heterocycles. The van der Waals surface area contributed by atoms with Crippen LogP contribution in [0, 0.1) is 0 Å². The summed E-state index contributed by atoms with van der Waals surface area (Å²) in [5.74, 6) is -0.474. The Kier molecular flexibility index (Phi) is 7.03. The molecule has 0 aliphatic carbocycles. The summed E-state index contributed by atoms with van der Waals surface area (Å²) in [6, 6.07) is 4.21. The monoisotopic (exact) mass is 339 g/mol. The van der Waals surface area contributed by atoms with Crippen LogP contribution in [0.3, 0.4) is 0 Å². The number of ether oxygens (including phenoxy) is 3. The molecule has 0 aliphatic rings. The van der Waals surface area contributed by atoms with Gasteiger partial charge >= 0.3 is 12.1 Å². The highest BCUT2D eigenvalue weighted by Gasteiger charge is 2.24. The first-order valence-corrected chi connectivity index (χ1v) is 7.53. The molecule has 1 amide bonds. The van der Waals surface area contributed by atoms with Gasteiger partial charge in [0.1, 0.15) is 17.4 Å². The van der Waals surface area contributed by atoms with Crippen molar-refractivity contribution in [1.82, 2.24) is 5.32 Å². The van der Waals surface area contributed by atoms with E-state index in [-0.39, 0.29) is 6.42 Å². The lowest BCUT2D eigenvalue weighted by atomic mass is 10.0. The lowest BCUT2D eigenvalue weighted by Gasteiger charge is -2.22. The fourth-order valence-electron chi connectivity index (χ4n) is 2.11. The van der Waals surface area contributed by atoms with Gasteiger partial charge in [0.15, 0.2) is 0 Å². The third-order valence-corrected chi connectivity index (χ3v) is 3.07. The number of benzene rings is 1. The maximum absolute atomic E-state index is 11.8. The zero-order valence-electron chi connectivity index (χ0n) is 14.7. The first kappa shape index (κ1) is 19.8. The maximum Gasteiger partial charge on any atom is 0.408 e. The SMILES string of the molecule is COCc1cc(CC(NC(=O)OC(C)(C)C)C(=O)O)ccc1OC. The Balaban J connectivity index is 2.87. The summed E-state index contributed by atoms with van der Waals surface area (Å²) in [5, 5.41) is 11.7. The summed E-state index contributed by atoms with van der Waals surface area (Å²) >= 11 is 0. The predicted octanol–water partition coefficient (Wildman–Crippen LogP) is 2.36. The second kappa shape index (κ2) is 8.54. The molecule has 0 saturated heterocycles. The zero-order chi connectivity index (χ0) is 18.3. The minimum absolute atomic E-state index is 0.120. The lowest BCUT2D eigenvalue weighted by molar-refractivity contribution is -0.139. The molecule has 1 unspecified atom stereocenters. The van der Waals surface area contributed by atoms with Gasteiger partial charge in [0.2, 0.25) is 0 Å². The Morgan fingerprint density at radius 2 is 1.92 bits per heavy atom. The quantitative estimate of drug-likeness (QED) is 0.792. The van der Waals surface area contributed by atoms with Crippen molar-refractivity contribution in [3.05, 3.63) is 29.3 Å². The van der Waals surface area contributed by atoms with Gasteiger partial charge < -0.3 is 24.6 Å². The minimum atomic E-state index is -1.13. The molecule has 0 radical (unpaired) electrons.